The number of amides is 1. The fourth-order valence-electron chi connectivity index (χ4n) is 4.25. The molecule has 6 nitrogen and oxygen atoms in total. The zero-order valence-electron chi connectivity index (χ0n) is 16.7. The molecule has 1 saturated heterocycles. The molecular formula is C21H33N3O3. The minimum absolute atomic E-state index is 0.209. The minimum atomic E-state index is 0.209. The molecule has 1 heterocycles. The van der Waals surface area contributed by atoms with Crippen LogP contribution in [0.2, 0.25) is 0 Å². The number of hydrogen-bond acceptors (Lipinski definition) is 5. The zero-order chi connectivity index (χ0) is 19.2. The molecule has 150 valence electrons. The average Bonchev–Trinajstić information content (AvgIpc) is 2.74. The fraction of sp³-hybridized carbons (Fsp3) is 0.667. The maximum absolute atomic E-state index is 12.8. The van der Waals surface area contributed by atoms with Gasteiger partial charge in [0.1, 0.15) is 11.5 Å². The molecule has 0 atom stereocenters. The van der Waals surface area contributed by atoms with Crippen molar-refractivity contribution in [2.75, 3.05) is 46.9 Å². The molecule has 0 radical (unpaired) electrons. The summed E-state index contributed by atoms with van der Waals surface area (Å²) in [6.45, 7) is 5.02. The van der Waals surface area contributed by atoms with Gasteiger partial charge in [-0.15, -0.1) is 0 Å². The van der Waals surface area contributed by atoms with E-state index in [2.05, 4.69) is 15.9 Å². The van der Waals surface area contributed by atoms with Crippen molar-refractivity contribution in [2.45, 2.75) is 32.2 Å². The van der Waals surface area contributed by atoms with Crippen LogP contribution < -0.4 is 15.2 Å². The molecule has 1 aliphatic heterocycles. The summed E-state index contributed by atoms with van der Waals surface area (Å²) in [5, 5.41) is 0. The van der Waals surface area contributed by atoms with E-state index < -0.39 is 0 Å². The standard InChI is InChI=1S/C21H33N3O3/c1-26-19-8-7-18(20(13-19)27-2)15-23-9-11-24(12-10-23)21(25)17-5-3-16(14-22)4-6-17/h7-8,13,16-17H,3-6,9-12,14-15,22H2,1-2H3. The summed E-state index contributed by atoms with van der Waals surface area (Å²) in [6, 6.07) is 5.95. The van der Waals surface area contributed by atoms with E-state index in [1.165, 1.54) is 0 Å². The third kappa shape index (κ3) is 4.93. The molecule has 0 aromatic heterocycles. The maximum Gasteiger partial charge on any atom is 0.225 e. The second kappa shape index (κ2) is 9.42. The molecule has 1 aromatic rings. The smallest absolute Gasteiger partial charge is 0.225 e. The van der Waals surface area contributed by atoms with E-state index in [0.29, 0.717) is 11.8 Å². The van der Waals surface area contributed by atoms with Crippen LogP contribution >= 0.6 is 0 Å². The highest BCUT2D eigenvalue weighted by Crippen LogP contribution is 2.30. The van der Waals surface area contributed by atoms with Gasteiger partial charge in [-0.3, -0.25) is 9.69 Å². The Kier molecular flexibility index (Phi) is 6.96. The van der Waals surface area contributed by atoms with E-state index in [9.17, 15) is 4.79 Å². The Labute approximate surface area is 162 Å². The summed E-state index contributed by atoms with van der Waals surface area (Å²) < 4.78 is 10.8. The molecule has 2 aliphatic rings. The van der Waals surface area contributed by atoms with Gasteiger partial charge in [-0.2, -0.15) is 0 Å². The molecule has 1 aromatic carbocycles. The van der Waals surface area contributed by atoms with Crippen LogP contribution in [0.4, 0.5) is 0 Å². The van der Waals surface area contributed by atoms with Crippen molar-refractivity contribution in [3.8, 4) is 11.5 Å². The molecule has 1 amide bonds. The number of nitrogens with two attached hydrogens (primary N) is 1. The third-order valence-electron chi connectivity index (χ3n) is 6.10. The molecule has 0 bridgehead atoms. The highest BCUT2D eigenvalue weighted by atomic mass is 16.5. The quantitative estimate of drug-likeness (QED) is 0.825. The van der Waals surface area contributed by atoms with Crippen molar-refractivity contribution in [1.82, 2.24) is 9.80 Å². The highest BCUT2D eigenvalue weighted by molar-refractivity contribution is 5.79. The van der Waals surface area contributed by atoms with Crippen LogP contribution in [0.1, 0.15) is 31.2 Å². The van der Waals surface area contributed by atoms with Crippen LogP contribution in [0.25, 0.3) is 0 Å². The van der Waals surface area contributed by atoms with Gasteiger partial charge in [-0.05, 0) is 44.2 Å². The first-order valence-corrected chi connectivity index (χ1v) is 10.1. The Hall–Kier alpha value is -1.79. The Morgan fingerprint density at radius 3 is 2.37 bits per heavy atom. The number of carbonyl (C=O) groups excluding carboxylic acids is 1. The molecule has 6 heteroatoms. The van der Waals surface area contributed by atoms with Crippen molar-refractivity contribution < 1.29 is 14.3 Å². The van der Waals surface area contributed by atoms with Crippen LogP contribution in [-0.4, -0.2) is 62.7 Å². The molecule has 0 spiro atoms. The molecular weight excluding hydrogens is 342 g/mol. The Bertz CT molecular complexity index is 621. The van der Waals surface area contributed by atoms with Gasteiger partial charge in [0.25, 0.3) is 0 Å². The second-order valence-electron chi connectivity index (χ2n) is 7.73. The zero-order valence-corrected chi connectivity index (χ0v) is 16.7. The molecule has 1 saturated carbocycles. The van der Waals surface area contributed by atoms with Crippen molar-refractivity contribution in [2.24, 2.45) is 17.6 Å². The van der Waals surface area contributed by atoms with Crippen LogP contribution in [0.5, 0.6) is 11.5 Å². The van der Waals surface area contributed by atoms with Gasteiger partial charge >= 0.3 is 0 Å². The average molecular weight is 376 g/mol. The molecule has 0 unspecified atom stereocenters. The van der Waals surface area contributed by atoms with Gasteiger partial charge < -0.3 is 20.1 Å². The van der Waals surface area contributed by atoms with Gasteiger partial charge in [0.15, 0.2) is 0 Å². The number of nitrogens with zero attached hydrogens (tertiary/aromatic N) is 2. The number of benzene rings is 1. The lowest BCUT2D eigenvalue weighted by Crippen LogP contribution is -2.50. The van der Waals surface area contributed by atoms with E-state index in [-0.39, 0.29) is 5.92 Å². The monoisotopic (exact) mass is 375 g/mol. The van der Waals surface area contributed by atoms with Gasteiger partial charge in [-0.25, -0.2) is 0 Å². The molecule has 2 N–H and O–H groups in total. The van der Waals surface area contributed by atoms with Crippen molar-refractivity contribution in [3.63, 3.8) is 0 Å². The summed E-state index contributed by atoms with van der Waals surface area (Å²) in [7, 11) is 3.35. The minimum Gasteiger partial charge on any atom is -0.497 e. The highest BCUT2D eigenvalue weighted by Gasteiger charge is 2.30. The lowest BCUT2D eigenvalue weighted by Gasteiger charge is -2.38. The Morgan fingerprint density at radius 2 is 1.78 bits per heavy atom. The van der Waals surface area contributed by atoms with Crippen molar-refractivity contribution in [3.05, 3.63) is 23.8 Å². The van der Waals surface area contributed by atoms with E-state index in [4.69, 9.17) is 15.2 Å². The van der Waals surface area contributed by atoms with Gasteiger partial charge in [0.05, 0.1) is 14.2 Å². The lowest BCUT2D eigenvalue weighted by atomic mass is 9.81. The van der Waals surface area contributed by atoms with Crippen LogP contribution in [0.15, 0.2) is 18.2 Å². The number of rotatable bonds is 6. The van der Waals surface area contributed by atoms with E-state index in [1.54, 1.807) is 14.2 Å². The predicted octanol–water partition coefficient (Wildman–Crippen LogP) is 2.11. The number of ether oxygens (including phenoxy) is 2. The number of methoxy groups -OCH3 is 2. The summed E-state index contributed by atoms with van der Waals surface area (Å²) in [6.07, 6.45) is 4.21. The number of piperazine rings is 1. The third-order valence-corrected chi connectivity index (χ3v) is 6.10. The van der Waals surface area contributed by atoms with Crippen LogP contribution in [-0.2, 0) is 11.3 Å². The summed E-state index contributed by atoms with van der Waals surface area (Å²) in [5.74, 6) is 2.83. The summed E-state index contributed by atoms with van der Waals surface area (Å²) >= 11 is 0. The first-order valence-electron chi connectivity index (χ1n) is 10.1. The maximum atomic E-state index is 12.8. The second-order valence-corrected chi connectivity index (χ2v) is 7.73. The SMILES string of the molecule is COc1ccc(CN2CCN(C(=O)C3CCC(CN)CC3)CC2)c(OC)c1. The lowest BCUT2D eigenvalue weighted by molar-refractivity contribution is -0.138. The molecule has 1 aliphatic carbocycles. The topological polar surface area (TPSA) is 68.0 Å². The molecule has 2 fully saturated rings. The first kappa shape index (κ1) is 20.0. The summed E-state index contributed by atoms with van der Waals surface area (Å²) in [4.78, 5) is 17.3. The van der Waals surface area contributed by atoms with Gasteiger partial charge in [0.2, 0.25) is 5.91 Å². The normalized spacial score (nSPS) is 23.9. The van der Waals surface area contributed by atoms with E-state index >= 15 is 0 Å². The fourth-order valence-corrected chi connectivity index (χ4v) is 4.25. The predicted molar refractivity (Wildman–Crippen MR) is 106 cm³/mol. The van der Waals surface area contributed by atoms with Gasteiger partial charge in [0, 0.05) is 50.3 Å². The van der Waals surface area contributed by atoms with E-state index in [1.807, 2.05) is 12.1 Å². The van der Waals surface area contributed by atoms with Crippen LogP contribution in [0, 0.1) is 11.8 Å². The molecule has 3 rings (SSSR count). The van der Waals surface area contributed by atoms with Gasteiger partial charge in [-0.1, -0.05) is 6.07 Å². The van der Waals surface area contributed by atoms with Crippen molar-refractivity contribution in [1.29, 1.82) is 0 Å². The Balaban J connectivity index is 1.50. The first-order chi connectivity index (χ1) is 13.1. The van der Waals surface area contributed by atoms with Crippen molar-refractivity contribution >= 4 is 5.91 Å². The Morgan fingerprint density at radius 1 is 1.07 bits per heavy atom. The van der Waals surface area contributed by atoms with Crippen LogP contribution in [0.3, 0.4) is 0 Å². The van der Waals surface area contributed by atoms with E-state index in [0.717, 1.165) is 82.0 Å². The number of carbonyl (C=O) groups is 1. The number of hydrogen-bond donors (Lipinski definition) is 1. The largest absolute Gasteiger partial charge is 0.497 e. The molecule has 27 heavy (non-hydrogen) atoms. The summed E-state index contributed by atoms with van der Waals surface area (Å²) in [5.41, 5.74) is 6.92.